The third-order valence-electron chi connectivity index (χ3n) is 2.13. The van der Waals surface area contributed by atoms with E-state index in [0.29, 0.717) is 6.61 Å². The summed E-state index contributed by atoms with van der Waals surface area (Å²) >= 11 is 0. The van der Waals surface area contributed by atoms with Crippen molar-refractivity contribution in [1.82, 2.24) is 0 Å². The summed E-state index contributed by atoms with van der Waals surface area (Å²) in [4.78, 5) is 11.6. The lowest BCUT2D eigenvalue weighted by Gasteiger charge is -2.12. The van der Waals surface area contributed by atoms with Gasteiger partial charge < -0.3 is 10.1 Å². The minimum absolute atomic E-state index is 0.00699. The molecule has 0 aliphatic rings. The van der Waals surface area contributed by atoms with E-state index in [1.807, 2.05) is 38.1 Å². The van der Waals surface area contributed by atoms with Crippen LogP contribution in [-0.2, 0) is 4.79 Å². The molecule has 0 atom stereocenters. The predicted octanol–water partition coefficient (Wildman–Crippen LogP) is 3.07. The molecule has 1 amide bonds. The summed E-state index contributed by atoms with van der Waals surface area (Å²) in [5.41, 5.74) is 0.745. The first kappa shape index (κ1) is 12.6. The van der Waals surface area contributed by atoms with Crippen LogP contribution in [0.2, 0.25) is 0 Å². The second kappa shape index (κ2) is 6.16. The number of hydrogen-bond donors (Lipinski definition) is 1. The minimum Gasteiger partial charge on any atom is -0.491 e. The topological polar surface area (TPSA) is 38.3 Å². The van der Waals surface area contributed by atoms with Gasteiger partial charge in [0, 0.05) is 5.92 Å². The molecule has 0 unspecified atom stereocenters. The summed E-state index contributed by atoms with van der Waals surface area (Å²) in [5.74, 6) is 0.713. The fourth-order valence-corrected chi connectivity index (χ4v) is 1.18. The zero-order valence-corrected chi connectivity index (χ0v) is 10.1. The van der Waals surface area contributed by atoms with Crippen molar-refractivity contribution in [2.75, 3.05) is 11.9 Å². The van der Waals surface area contributed by atoms with E-state index in [0.717, 1.165) is 17.9 Å². The lowest BCUT2D eigenvalue weighted by Crippen LogP contribution is -2.18. The Hall–Kier alpha value is -1.51. The van der Waals surface area contributed by atoms with E-state index in [1.54, 1.807) is 0 Å². The van der Waals surface area contributed by atoms with Crippen LogP contribution in [-0.4, -0.2) is 12.5 Å². The van der Waals surface area contributed by atoms with E-state index in [9.17, 15) is 4.79 Å². The number of amides is 1. The highest BCUT2D eigenvalue weighted by molar-refractivity contribution is 5.93. The van der Waals surface area contributed by atoms with Crippen molar-refractivity contribution in [2.24, 2.45) is 5.92 Å². The third kappa shape index (κ3) is 3.57. The maximum absolute atomic E-state index is 11.6. The maximum Gasteiger partial charge on any atom is 0.227 e. The quantitative estimate of drug-likeness (QED) is 0.829. The number of carbonyl (C=O) groups excluding carboxylic acids is 1. The normalized spacial score (nSPS) is 10.2. The zero-order valence-electron chi connectivity index (χ0n) is 10.1. The summed E-state index contributed by atoms with van der Waals surface area (Å²) in [6.45, 7) is 6.44. The number of ether oxygens (including phenoxy) is 1. The predicted molar refractivity (Wildman–Crippen MR) is 65.7 cm³/mol. The molecule has 0 saturated heterocycles. The van der Waals surface area contributed by atoms with Crippen LogP contribution in [0.25, 0.3) is 0 Å². The standard InChI is InChI=1S/C13H19NO2/c1-4-9-16-12-8-6-5-7-11(12)14-13(15)10(2)3/h5-8,10H,4,9H2,1-3H3,(H,14,15). The molecule has 0 bridgehead atoms. The molecule has 1 rings (SSSR count). The molecule has 0 spiro atoms. The van der Waals surface area contributed by atoms with E-state index in [-0.39, 0.29) is 11.8 Å². The van der Waals surface area contributed by atoms with Gasteiger partial charge in [-0.05, 0) is 18.6 Å². The van der Waals surface area contributed by atoms with E-state index < -0.39 is 0 Å². The highest BCUT2D eigenvalue weighted by Gasteiger charge is 2.10. The molecule has 16 heavy (non-hydrogen) atoms. The number of benzene rings is 1. The molecule has 0 aliphatic carbocycles. The van der Waals surface area contributed by atoms with E-state index in [4.69, 9.17) is 4.74 Å². The van der Waals surface area contributed by atoms with Crippen LogP contribution in [0.5, 0.6) is 5.75 Å². The fraction of sp³-hybridized carbons (Fsp3) is 0.462. The van der Waals surface area contributed by atoms with Gasteiger partial charge >= 0.3 is 0 Å². The van der Waals surface area contributed by atoms with Gasteiger partial charge in [0.15, 0.2) is 0 Å². The Morgan fingerprint density at radius 3 is 2.69 bits per heavy atom. The van der Waals surface area contributed by atoms with Crippen molar-refractivity contribution in [1.29, 1.82) is 0 Å². The Morgan fingerprint density at radius 2 is 2.06 bits per heavy atom. The van der Waals surface area contributed by atoms with Crippen LogP contribution in [0.3, 0.4) is 0 Å². The van der Waals surface area contributed by atoms with Gasteiger partial charge in [-0.25, -0.2) is 0 Å². The van der Waals surface area contributed by atoms with E-state index in [2.05, 4.69) is 12.2 Å². The van der Waals surface area contributed by atoms with Gasteiger partial charge in [-0.15, -0.1) is 0 Å². The molecule has 1 aromatic rings. The largest absolute Gasteiger partial charge is 0.491 e. The van der Waals surface area contributed by atoms with Crippen molar-refractivity contribution in [2.45, 2.75) is 27.2 Å². The Labute approximate surface area is 96.8 Å². The molecule has 0 saturated carbocycles. The second-order valence-corrected chi connectivity index (χ2v) is 3.99. The van der Waals surface area contributed by atoms with Crippen LogP contribution in [0, 0.1) is 5.92 Å². The Balaban J connectivity index is 2.74. The fourth-order valence-electron chi connectivity index (χ4n) is 1.18. The Morgan fingerprint density at radius 1 is 1.38 bits per heavy atom. The average molecular weight is 221 g/mol. The van der Waals surface area contributed by atoms with Gasteiger partial charge in [0.1, 0.15) is 5.75 Å². The van der Waals surface area contributed by atoms with Crippen LogP contribution in [0.1, 0.15) is 27.2 Å². The summed E-state index contributed by atoms with van der Waals surface area (Å²) in [6.07, 6.45) is 0.951. The molecule has 0 fully saturated rings. The Bertz CT molecular complexity index is 348. The van der Waals surface area contributed by atoms with Gasteiger partial charge in [-0.1, -0.05) is 32.9 Å². The SMILES string of the molecule is CCCOc1ccccc1NC(=O)C(C)C. The van der Waals surface area contributed by atoms with Crippen LogP contribution >= 0.6 is 0 Å². The number of anilines is 1. The van der Waals surface area contributed by atoms with Crippen molar-refractivity contribution in [3.05, 3.63) is 24.3 Å². The molecule has 0 radical (unpaired) electrons. The molecule has 0 aromatic heterocycles. The molecule has 1 N–H and O–H groups in total. The molecule has 88 valence electrons. The minimum atomic E-state index is -0.0285. The lowest BCUT2D eigenvalue weighted by molar-refractivity contribution is -0.118. The van der Waals surface area contributed by atoms with Gasteiger partial charge in [0.2, 0.25) is 5.91 Å². The monoisotopic (exact) mass is 221 g/mol. The highest BCUT2D eigenvalue weighted by atomic mass is 16.5. The Kier molecular flexibility index (Phi) is 4.83. The van der Waals surface area contributed by atoms with E-state index >= 15 is 0 Å². The van der Waals surface area contributed by atoms with Gasteiger partial charge in [0.05, 0.1) is 12.3 Å². The third-order valence-corrected chi connectivity index (χ3v) is 2.13. The van der Waals surface area contributed by atoms with Crippen LogP contribution in [0.15, 0.2) is 24.3 Å². The number of carbonyl (C=O) groups is 1. The molecular weight excluding hydrogens is 202 g/mol. The van der Waals surface area contributed by atoms with Gasteiger partial charge in [-0.3, -0.25) is 4.79 Å². The lowest BCUT2D eigenvalue weighted by atomic mass is 10.2. The first-order valence-electron chi connectivity index (χ1n) is 5.67. The van der Waals surface area contributed by atoms with Crippen molar-refractivity contribution in [3.8, 4) is 5.75 Å². The number of para-hydroxylation sites is 2. The zero-order chi connectivity index (χ0) is 12.0. The first-order chi connectivity index (χ1) is 7.65. The summed E-state index contributed by atoms with van der Waals surface area (Å²) in [6, 6.07) is 7.50. The molecule has 0 aliphatic heterocycles. The molecule has 0 heterocycles. The van der Waals surface area contributed by atoms with Crippen molar-refractivity contribution >= 4 is 11.6 Å². The number of rotatable bonds is 5. The summed E-state index contributed by atoms with van der Waals surface area (Å²) < 4.78 is 5.55. The first-order valence-corrected chi connectivity index (χ1v) is 5.67. The number of hydrogen-bond acceptors (Lipinski definition) is 2. The second-order valence-electron chi connectivity index (χ2n) is 3.99. The van der Waals surface area contributed by atoms with Crippen LogP contribution in [0.4, 0.5) is 5.69 Å². The van der Waals surface area contributed by atoms with Gasteiger partial charge in [-0.2, -0.15) is 0 Å². The average Bonchev–Trinajstić information content (AvgIpc) is 2.27. The molecule has 3 heteroatoms. The summed E-state index contributed by atoms with van der Waals surface area (Å²) in [5, 5.41) is 2.85. The maximum atomic E-state index is 11.6. The van der Waals surface area contributed by atoms with Crippen molar-refractivity contribution < 1.29 is 9.53 Å². The molecular formula is C13H19NO2. The highest BCUT2D eigenvalue weighted by Crippen LogP contribution is 2.24. The number of nitrogens with one attached hydrogen (secondary N) is 1. The molecule has 1 aromatic carbocycles. The summed E-state index contributed by atoms with van der Waals surface area (Å²) in [7, 11) is 0. The van der Waals surface area contributed by atoms with Crippen LogP contribution < -0.4 is 10.1 Å². The van der Waals surface area contributed by atoms with Gasteiger partial charge in [0.25, 0.3) is 0 Å². The van der Waals surface area contributed by atoms with E-state index in [1.165, 1.54) is 0 Å². The smallest absolute Gasteiger partial charge is 0.227 e. The molecule has 3 nitrogen and oxygen atoms in total. The van der Waals surface area contributed by atoms with Crippen molar-refractivity contribution in [3.63, 3.8) is 0 Å².